The van der Waals surface area contributed by atoms with Crippen LogP contribution in [0.15, 0.2) is 96.6 Å². The van der Waals surface area contributed by atoms with Gasteiger partial charge in [0.25, 0.3) is 0 Å². The Labute approximate surface area is 166 Å². The molecule has 3 aromatic rings. The Morgan fingerprint density at radius 3 is 1.57 bits per heavy atom. The molecule has 2 aliphatic carbocycles. The first-order valence-corrected chi connectivity index (χ1v) is 10.1. The largest absolute Gasteiger partial charge is 0.368 e. The summed E-state index contributed by atoms with van der Waals surface area (Å²) in [5.74, 6) is 0.970. The summed E-state index contributed by atoms with van der Waals surface area (Å²) in [6, 6.07) is 32.7. The molecule has 0 spiro atoms. The van der Waals surface area contributed by atoms with Crippen molar-refractivity contribution in [1.82, 2.24) is 0 Å². The highest BCUT2D eigenvalue weighted by Gasteiger charge is 2.67. The highest BCUT2D eigenvalue weighted by atomic mass is 16.6. The van der Waals surface area contributed by atoms with E-state index in [1.807, 2.05) is 0 Å². The van der Waals surface area contributed by atoms with E-state index in [4.69, 9.17) is 4.74 Å². The molecule has 136 valence electrons. The molecule has 3 aliphatic rings. The second kappa shape index (κ2) is 6.05. The van der Waals surface area contributed by atoms with Crippen molar-refractivity contribution in [2.24, 2.45) is 11.8 Å². The van der Waals surface area contributed by atoms with Crippen molar-refractivity contribution in [3.8, 4) is 0 Å². The van der Waals surface area contributed by atoms with Gasteiger partial charge in [0, 0.05) is 11.8 Å². The summed E-state index contributed by atoms with van der Waals surface area (Å²) in [5, 5.41) is 0. The number of epoxide rings is 1. The van der Waals surface area contributed by atoms with Gasteiger partial charge in [0.05, 0.1) is 12.2 Å². The quantitative estimate of drug-likeness (QED) is 0.513. The van der Waals surface area contributed by atoms with Crippen molar-refractivity contribution < 1.29 is 4.74 Å². The average Bonchev–Trinajstić information content (AvgIpc) is 3.45. The van der Waals surface area contributed by atoms with Crippen LogP contribution in [0.4, 0.5) is 0 Å². The fourth-order valence-electron chi connectivity index (χ4n) is 5.34. The zero-order chi connectivity index (χ0) is 18.7. The highest BCUT2D eigenvalue weighted by molar-refractivity contribution is 6.18. The molecule has 0 radical (unpaired) electrons. The Hall–Kier alpha value is -2.90. The van der Waals surface area contributed by atoms with Crippen molar-refractivity contribution in [2.45, 2.75) is 19.1 Å². The van der Waals surface area contributed by atoms with E-state index in [0.29, 0.717) is 24.0 Å². The Morgan fingerprint density at radius 2 is 1.00 bits per heavy atom. The van der Waals surface area contributed by atoms with Crippen LogP contribution in [0.3, 0.4) is 0 Å². The molecule has 2 fully saturated rings. The van der Waals surface area contributed by atoms with Crippen molar-refractivity contribution in [1.29, 1.82) is 0 Å². The second-order valence-corrected chi connectivity index (χ2v) is 8.06. The van der Waals surface area contributed by atoms with E-state index in [2.05, 4.69) is 97.9 Å². The Morgan fingerprint density at radius 1 is 0.536 bits per heavy atom. The van der Waals surface area contributed by atoms with Gasteiger partial charge in [-0.3, -0.25) is 0 Å². The van der Waals surface area contributed by atoms with E-state index in [9.17, 15) is 0 Å². The van der Waals surface area contributed by atoms with Gasteiger partial charge in [0.2, 0.25) is 0 Å². The fraction of sp³-hybridized carbons (Fsp3) is 0.185. The molecule has 1 heteroatoms. The predicted molar refractivity (Wildman–Crippen MR) is 114 cm³/mol. The summed E-state index contributed by atoms with van der Waals surface area (Å²) in [6.07, 6.45) is 0.811. The molecule has 1 nitrogen and oxygen atoms in total. The molecule has 3 aromatic carbocycles. The first-order valence-electron chi connectivity index (χ1n) is 10.1. The maximum atomic E-state index is 6.10. The third-order valence-electron chi connectivity index (χ3n) is 6.61. The Balaban J connectivity index is 1.69. The molecule has 0 aromatic heterocycles. The highest BCUT2D eigenvalue weighted by Crippen LogP contribution is 2.65. The number of hydrogen-bond donors (Lipinski definition) is 0. The number of ether oxygens (including phenoxy) is 1. The molecule has 1 saturated heterocycles. The zero-order valence-electron chi connectivity index (χ0n) is 15.9. The SMILES string of the molecule is CC1=C(c2ccccc2)C(c2ccccc2)=C(c2ccccc2)C2C3OC3C12. The number of rotatable bonds is 3. The van der Waals surface area contributed by atoms with E-state index in [0.717, 1.165) is 0 Å². The van der Waals surface area contributed by atoms with Crippen LogP contribution < -0.4 is 0 Å². The van der Waals surface area contributed by atoms with Crippen molar-refractivity contribution >= 4 is 16.7 Å². The van der Waals surface area contributed by atoms with Gasteiger partial charge >= 0.3 is 0 Å². The van der Waals surface area contributed by atoms with Crippen molar-refractivity contribution in [3.05, 3.63) is 113 Å². The molecule has 0 amide bonds. The van der Waals surface area contributed by atoms with Gasteiger partial charge in [-0.1, -0.05) is 96.6 Å². The van der Waals surface area contributed by atoms with Crippen LogP contribution in [-0.2, 0) is 4.74 Å². The summed E-state index contributed by atoms with van der Waals surface area (Å²) >= 11 is 0. The molecule has 1 heterocycles. The summed E-state index contributed by atoms with van der Waals surface area (Å²) < 4.78 is 6.10. The summed E-state index contributed by atoms with van der Waals surface area (Å²) in [4.78, 5) is 0. The molecular formula is C27H22O. The van der Waals surface area contributed by atoms with E-state index >= 15 is 0 Å². The maximum absolute atomic E-state index is 6.10. The molecule has 4 unspecified atom stereocenters. The lowest BCUT2D eigenvalue weighted by atomic mass is 9.58. The summed E-state index contributed by atoms with van der Waals surface area (Å²) in [5.41, 5.74) is 9.63. The van der Waals surface area contributed by atoms with Gasteiger partial charge in [0.15, 0.2) is 0 Å². The van der Waals surface area contributed by atoms with Gasteiger partial charge in [-0.05, 0) is 40.3 Å². The lowest BCUT2D eigenvalue weighted by molar-refractivity contribution is 0.357. The monoisotopic (exact) mass is 362 g/mol. The maximum Gasteiger partial charge on any atom is 0.0923 e. The van der Waals surface area contributed by atoms with Crippen LogP contribution in [-0.4, -0.2) is 12.2 Å². The number of benzene rings is 3. The molecular weight excluding hydrogens is 340 g/mol. The van der Waals surface area contributed by atoms with Gasteiger partial charge in [-0.25, -0.2) is 0 Å². The van der Waals surface area contributed by atoms with Crippen LogP contribution in [0.25, 0.3) is 16.7 Å². The fourth-order valence-corrected chi connectivity index (χ4v) is 5.34. The Kier molecular flexibility index (Phi) is 3.48. The zero-order valence-corrected chi connectivity index (χ0v) is 15.9. The molecule has 6 rings (SSSR count). The minimum Gasteiger partial charge on any atom is -0.368 e. The molecule has 1 aliphatic heterocycles. The molecule has 1 saturated carbocycles. The van der Waals surface area contributed by atoms with Gasteiger partial charge in [-0.2, -0.15) is 0 Å². The minimum atomic E-state index is 0.395. The normalized spacial score (nSPS) is 27.8. The Bertz CT molecular complexity index is 1090. The van der Waals surface area contributed by atoms with E-state index in [1.165, 1.54) is 39.0 Å². The smallest absolute Gasteiger partial charge is 0.0923 e. The number of hydrogen-bond acceptors (Lipinski definition) is 1. The first-order chi connectivity index (χ1) is 13.8. The molecule has 4 atom stereocenters. The second-order valence-electron chi connectivity index (χ2n) is 8.06. The standard InChI is InChI=1S/C27H22O/c1-17-21(18-11-5-2-6-12-18)23(19-13-7-3-8-14-19)24(20-15-9-4-10-16-20)25-22(17)26-27(25)28-26/h2-16,22,25-27H,1H3. The third kappa shape index (κ3) is 2.23. The topological polar surface area (TPSA) is 12.5 Å². The molecule has 0 N–H and O–H groups in total. The van der Waals surface area contributed by atoms with Gasteiger partial charge in [0.1, 0.15) is 0 Å². The van der Waals surface area contributed by atoms with Crippen LogP contribution in [0, 0.1) is 11.8 Å². The summed E-state index contributed by atoms with van der Waals surface area (Å²) in [7, 11) is 0. The van der Waals surface area contributed by atoms with Crippen LogP contribution >= 0.6 is 0 Å². The lowest BCUT2D eigenvalue weighted by Crippen LogP contribution is -2.41. The molecule has 0 bridgehead atoms. The van der Waals surface area contributed by atoms with Crippen LogP contribution in [0.2, 0.25) is 0 Å². The molecule has 28 heavy (non-hydrogen) atoms. The number of fused-ring (bicyclic) bond motifs is 4. The summed E-state index contributed by atoms with van der Waals surface area (Å²) in [6.45, 7) is 2.32. The lowest BCUT2D eigenvalue weighted by Gasteiger charge is -2.42. The number of allylic oxidation sites excluding steroid dienone is 2. The minimum absolute atomic E-state index is 0.395. The van der Waals surface area contributed by atoms with E-state index in [1.54, 1.807) is 0 Å². The van der Waals surface area contributed by atoms with Crippen LogP contribution in [0.1, 0.15) is 23.6 Å². The third-order valence-corrected chi connectivity index (χ3v) is 6.61. The van der Waals surface area contributed by atoms with Crippen molar-refractivity contribution in [2.75, 3.05) is 0 Å². The van der Waals surface area contributed by atoms with Gasteiger partial charge < -0.3 is 4.74 Å². The predicted octanol–water partition coefficient (Wildman–Crippen LogP) is 6.10. The van der Waals surface area contributed by atoms with Gasteiger partial charge in [-0.15, -0.1) is 0 Å². The van der Waals surface area contributed by atoms with E-state index in [-0.39, 0.29) is 0 Å². The first kappa shape index (κ1) is 16.1. The van der Waals surface area contributed by atoms with E-state index < -0.39 is 0 Å². The average molecular weight is 362 g/mol. The van der Waals surface area contributed by atoms with Crippen LogP contribution in [0.5, 0.6) is 0 Å². The van der Waals surface area contributed by atoms with Crippen molar-refractivity contribution in [3.63, 3.8) is 0 Å².